The lowest BCUT2D eigenvalue weighted by molar-refractivity contribution is -0.121. The van der Waals surface area contributed by atoms with Gasteiger partial charge in [-0.25, -0.2) is 9.59 Å². The highest BCUT2D eigenvalue weighted by Gasteiger charge is 2.26. The maximum atomic E-state index is 12.6. The zero-order chi connectivity index (χ0) is 21.4. The highest BCUT2D eigenvalue weighted by Crippen LogP contribution is 2.23. The molecule has 2 atom stereocenters. The van der Waals surface area contributed by atoms with E-state index in [-0.39, 0.29) is 30.8 Å². The van der Waals surface area contributed by atoms with Crippen molar-refractivity contribution in [3.8, 4) is 6.07 Å². The van der Waals surface area contributed by atoms with Gasteiger partial charge in [0, 0.05) is 25.7 Å². The fourth-order valence-electron chi connectivity index (χ4n) is 3.18. The second kappa shape index (κ2) is 10.5. The number of hydrogen-bond donors (Lipinski definition) is 1. The molecular weight excluding hydrogens is 375 g/mol. The number of benzene rings is 1. The Labute approximate surface area is 170 Å². The van der Waals surface area contributed by atoms with E-state index in [4.69, 9.17) is 19.5 Å². The van der Waals surface area contributed by atoms with E-state index in [9.17, 15) is 14.4 Å². The number of carbonyl (C=O) groups excluding carboxylic acids is 3. The topological polar surface area (TPSA) is 115 Å². The molecular formula is C20H25BN2O6. The third-order valence-electron chi connectivity index (χ3n) is 4.40. The fourth-order valence-corrected chi connectivity index (χ4v) is 3.18. The summed E-state index contributed by atoms with van der Waals surface area (Å²) in [7, 11) is 0.683. The number of amides is 1. The van der Waals surface area contributed by atoms with Crippen molar-refractivity contribution in [1.82, 2.24) is 5.32 Å². The van der Waals surface area contributed by atoms with Crippen LogP contribution in [0.25, 0.3) is 0 Å². The number of nitrogens with zero attached hydrogens (tertiary/aromatic N) is 1. The molecule has 29 heavy (non-hydrogen) atoms. The van der Waals surface area contributed by atoms with Gasteiger partial charge in [-0.3, -0.25) is 4.79 Å². The molecule has 8 nitrogen and oxygen atoms in total. The molecule has 1 amide bonds. The summed E-state index contributed by atoms with van der Waals surface area (Å²) in [5.74, 6) is -0.758. The quantitative estimate of drug-likeness (QED) is 0.423. The zero-order valence-corrected chi connectivity index (χ0v) is 16.9. The number of hydrogen-bond acceptors (Lipinski definition) is 7. The minimum absolute atomic E-state index is 0.0342. The largest absolute Gasteiger partial charge is 0.511 e. The predicted molar refractivity (Wildman–Crippen MR) is 105 cm³/mol. The number of esters is 1. The first-order valence-electron chi connectivity index (χ1n) is 9.65. The number of rotatable bonds is 7. The van der Waals surface area contributed by atoms with Crippen LogP contribution in [-0.4, -0.2) is 43.6 Å². The van der Waals surface area contributed by atoms with Gasteiger partial charge in [-0.15, -0.1) is 0 Å². The van der Waals surface area contributed by atoms with Crippen LogP contribution in [0.3, 0.4) is 0 Å². The Morgan fingerprint density at radius 1 is 1.24 bits per heavy atom. The Bertz CT molecular complexity index is 805. The molecule has 0 aromatic heterocycles. The van der Waals surface area contributed by atoms with Crippen LogP contribution < -0.4 is 5.32 Å². The van der Waals surface area contributed by atoms with Crippen molar-refractivity contribution < 1.29 is 28.6 Å². The van der Waals surface area contributed by atoms with Crippen molar-refractivity contribution in [2.24, 2.45) is 0 Å². The van der Waals surface area contributed by atoms with E-state index in [1.165, 1.54) is 6.92 Å². The second-order valence-corrected chi connectivity index (χ2v) is 7.12. The van der Waals surface area contributed by atoms with Crippen molar-refractivity contribution in [1.29, 1.82) is 5.26 Å². The highest BCUT2D eigenvalue weighted by atomic mass is 16.8. The summed E-state index contributed by atoms with van der Waals surface area (Å²) in [5, 5.41) is 11.5. The normalized spacial score (nSPS) is 15.9. The first-order valence-corrected chi connectivity index (χ1v) is 9.65. The van der Waals surface area contributed by atoms with Gasteiger partial charge in [-0.2, -0.15) is 5.26 Å². The molecule has 1 aromatic rings. The van der Waals surface area contributed by atoms with Crippen LogP contribution in [0.4, 0.5) is 4.79 Å². The van der Waals surface area contributed by atoms with Crippen LogP contribution in [0.5, 0.6) is 0 Å². The van der Waals surface area contributed by atoms with Crippen molar-refractivity contribution in [2.75, 3.05) is 0 Å². The Kier molecular flexibility index (Phi) is 8.07. The smallest absolute Gasteiger partial charge is 0.431 e. The van der Waals surface area contributed by atoms with Crippen molar-refractivity contribution >= 4 is 25.3 Å². The summed E-state index contributed by atoms with van der Waals surface area (Å²) in [5.41, 5.74) is 2.26. The number of nitriles is 1. The van der Waals surface area contributed by atoms with E-state index in [0.717, 1.165) is 11.1 Å². The summed E-state index contributed by atoms with van der Waals surface area (Å²) in [6, 6.07) is 7.30. The van der Waals surface area contributed by atoms with Gasteiger partial charge >= 0.3 is 12.1 Å². The zero-order valence-electron chi connectivity index (χ0n) is 16.9. The van der Waals surface area contributed by atoms with Crippen LogP contribution in [0.15, 0.2) is 18.2 Å². The lowest BCUT2D eigenvalue weighted by atomic mass is 9.57. The standard InChI is InChI=1S/C20H25BN2O6/c1-12(2)27-20(26)29-13(3)28-19(25)15-7-4-6-14-10-17(21-11-16(14)15)23-18(24)8-5-9-22/h4,6-7,12-13,17,21H,5,8,10-11H2,1-3H3,(H,23,24). The molecule has 0 saturated heterocycles. The third kappa shape index (κ3) is 6.82. The van der Waals surface area contributed by atoms with E-state index < -0.39 is 18.4 Å². The van der Waals surface area contributed by atoms with Gasteiger partial charge < -0.3 is 19.5 Å². The third-order valence-corrected chi connectivity index (χ3v) is 4.40. The van der Waals surface area contributed by atoms with Crippen molar-refractivity contribution in [3.05, 3.63) is 34.9 Å². The maximum Gasteiger partial charge on any atom is 0.511 e. The minimum Gasteiger partial charge on any atom is -0.431 e. The van der Waals surface area contributed by atoms with Gasteiger partial charge in [0.1, 0.15) is 0 Å². The van der Waals surface area contributed by atoms with Crippen LogP contribution in [0.1, 0.15) is 55.1 Å². The Morgan fingerprint density at radius 2 is 2.00 bits per heavy atom. The van der Waals surface area contributed by atoms with Crippen molar-refractivity contribution in [2.45, 2.75) is 64.7 Å². The SMILES string of the molecule is CC(C)OC(=O)OC(C)OC(=O)c1cccc2c1CBC(NC(=O)CCC#N)C2. The van der Waals surface area contributed by atoms with E-state index in [0.29, 0.717) is 25.6 Å². The molecule has 9 heteroatoms. The average molecular weight is 400 g/mol. The van der Waals surface area contributed by atoms with E-state index >= 15 is 0 Å². The van der Waals surface area contributed by atoms with Gasteiger partial charge in [-0.05, 0) is 43.8 Å². The molecule has 1 heterocycles. The molecule has 0 fully saturated rings. The monoisotopic (exact) mass is 400 g/mol. The number of carbonyl (C=O) groups is 3. The number of fused-ring (bicyclic) bond motifs is 1. The molecule has 1 aliphatic rings. The first-order chi connectivity index (χ1) is 13.8. The summed E-state index contributed by atoms with van der Waals surface area (Å²) in [4.78, 5) is 35.9. The molecule has 2 unspecified atom stereocenters. The maximum absolute atomic E-state index is 12.6. The van der Waals surface area contributed by atoms with E-state index in [2.05, 4.69) is 5.32 Å². The summed E-state index contributed by atoms with van der Waals surface area (Å²) in [6.07, 6.45) is -0.735. The molecule has 0 bridgehead atoms. The average Bonchev–Trinajstić information content (AvgIpc) is 2.64. The number of nitrogens with one attached hydrogen (secondary N) is 1. The molecule has 2 rings (SSSR count). The molecule has 0 aliphatic carbocycles. The van der Waals surface area contributed by atoms with E-state index in [1.54, 1.807) is 26.0 Å². The summed E-state index contributed by atoms with van der Waals surface area (Å²) >= 11 is 0. The summed E-state index contributed by atoms with van der Waals surface area (Å²) < 4.78 is 15.0. The Hall–Kier alpha value is -3.02. The molecule has 154 valence electrons. The lowest BCUT2D eigenvalue weighted by Gasteiger charge is -2.26. The van der Waals surface area contributed by atoms with Gasteiger partial charge in [0.25, 0.3) is 0 Å². The molecule has 0 spiro atoms. The van der Waals surface area contributed by atoms with Crippen LogP contribution >= 0.6 is 0 Å². The second-order valence-electron chi connectivity index (χ2n) is 7.12. The van der Waals surface area contributed by atoms with E-state index in [1.807, 2.05) is 12.1 Å². The van der Waals surface area contributed by atoms with Crippen molar-refractivity contribution in [3.63, 3.8) is 0 Å². The summed E-state index contributed by atoms with van der Waals surface area (Å²) in [6.45, 7) is 4.82. The van der Waals surface area contributed by atoms with Crippen LogP contribution in [0, 0.1) is 11.3 Å². The predicted octanol–water partition coefficient (Wildman–Crippen LogP) is 1.99. The minimum atomic E-state index is -1.08. The van der Waals surface area contributed by atoms with Gasteiger partial charge in [0.05, 0.1) is 17.7 Å². The fraction of sp³-hybridized carbons (Fsp3) is 0.500. The van der Waals surface area contributed by atoms with Gasteiger partial charge in [-0.1, -0.05) is 12.1 Å². The van der Waals surface area contributed by atoms with Gasteiger partial charge in [0.15, 0.2) is 7.28 Å². The van der Waals surface area contributed by atoms with Crippen LogP contribution in [0.2, 0.25) is 0 Å². The molecule has 0 radical (unpaired) electrons. The Morgan fingerprint density at radius 3 is 2.69 bits per heavy atom. The van der Waals surface area contributed by atoms with Crippen LogP contribution in [-0.2, 0) is 31.7 Å². The number of ether oxygens (including phenoxy) is 3. The van der Waals surface area contributed by atoms with Gasteiger partial charge in [0.2, 0.25) is 12.2 Å². The Balaban J connectivity index is 1.98. The highest BCUT2D eigenvalue weighted by molar-refractivity contribution is 6.38. The molecule has 1 N–H and O–H groups in total. The molecule has 0 saturated carbocycles. The molecule has 1 aliphatic heterocycles. The first kappa shape index (κ1) is 22.3. The molecule has 1 aromatic carbocycles. The lowest BCUT2D eigenvalue weighted by Crippen LogP contribution is -2.44.